The highest BCUT2D eigenvalue weighted by Crippen LogP contribution is 2.34. The summed E-state index contributed by atoms with van der Waals surface area (Å²) in [6, 6.07) is 4.06. The number of halogens is 1. The minimum atomic E-state index is -1.01. The molecule has 3 rings (SSSR count). The molecule has 0 fully saturated rings. The molecule has 1 aromatic carbocycles. The summed E-state index contributed by atoms with van der Waals surface area (Å²) in [5.74, 6) is -1.45. The molecule has 1 aliphatic rings. The van der Waals surface area contributed by atoms with Crippen LogP contribution in [0.4, 0.5) is 10.1 Å². The number of amides is 3. The molecular formula is C22H25FN4O4. The first-order valence-corrected chi connectivity index (χ1v) is 9.77. The first-order valence-electron chi connectivity index (χ1n) is 9.77. The molecule has 31 heavy (non-hydrogen) atoms. The topological polar surface area (TPSA) is 115 Å². The number of aromatic amines is 1. The number of aliphatic hydroxyl groups is 1. The van der Waals surface area contributed by atoms with Crippen molar-refractivity contribution in [3.8, 4) is 0 Å². The van der Waals surface area contributed by atoms with Crippen molar-refractivity contribution in [3.63, 3.8) is 0 Å². The fourth-order valence-electron chi connectivity index (χ4n) is 3.46. The van der Waals surface area contributed by atoms with Gasteiger partial charge in [0.1, 0.15) is 5.82 Å². The van der Waals surface area contributed by atoms with Crippen LogP contribution in [0.5, 0.6) is 0 Å². The molecule has 1 aliphatic heterocycles. The smallest absolute Gasteiger partial charge is 0.256 e. The molecule has 2 heterocycles. The van der Waals surface area contributed by atoms with Crippen LogP contribution in [0.3, 0.4) is 0 Å². The predicted octanol–water partition coefficient (Wildman–Crippen LogP) is 1.83. The SMILES string of the molecule is Cc1[nH]c(C=C2C(=O)Nc3ccc(F)cc32)c(C)c1C(=O)NCC(O)CC(=O)N(C)C. The van der Waals surface area contributed by atoms with Gasteiger partial charge in [0.05, 0.1) is 23.7 Å². The average molecular weight is 428 g/mol. The third-order valence-electron chi connectivity index (χ3n) is 5.16. The van der Waals surface area contributed by atoms with Gasteiger partial charge in [0.25, 0.3) is 11.8 Å². The van der Waals surface area contributed by atoms with Crippen molar-refractivity contribution < 1.29 is 23.9 Å². The Bertz CT molecular complexity index is 1090. The maximum atomic E-state index is 13.7. The van der Waals surface area contributed by atoms with Crippen molar-refractivity contribution in [2.24, 2.45) is 0 Å². The molecule has 1 unspecified atom stereocenters. The number of nitrogens with one attached hydrogen (secondary N) is 3. The molecule has 8 nitrogen and oxygen atoms in total. The molecule has 0 aliphatic carbocycles. The van der Waals surface area contributed by atoms with Crippen molar-refractivity contribution in [2.75, 3.05) is 26.0 Å². The van der Waals surface area contributed by atoms with E-state index >= 15 is 0 Å². The number of aryl methyl sites for hydroxylation is 1. The van der Waals surface area contributed by atoms with E-state index in [1.54, 1.807) is 34.0 Å². The highest BCUT2D eigenvalue weighted by Gasteiger charge is 2.26. The Morgan fingerprint density at radius 1 is 1.29 bits per heavy atom. The molecule has 0 spiro atoms. The van der Waals surface area contributed by atoms with Crippen molar-refractivity contribution in [1.82, 2.24) is 15.2 Å². The van der Waals surface area contributed by atoms with E-state index in [-0.39, 0.29) is 24.8 Å². The van der Waals surface area contributed by atoms with Gasteiger partial charge in [-0.05, 0) is 43.7 Å². The lowest BCUT2D eigenvalue weighted by atomic mass is 10.0. The van der Waals surface area contributed by atoms with Crippen molar-refractivity contribution in [3.05, 3.63) is 52.1 Å². The van der Waals surface area contributed by atoms with Gasteiger partial charge in [0, 0.05) is 43.3 Å². The number of benzene rings is 1. The van der Waals surface area contributed by atoms with Crippen LogP contribution < -0.4 is 10.6 Å². The fourth-order valence-corrected chi connectivity index (χ4v) is 3.46. The lowest BCUT2D eigenvalue weighted by Gasteiger charge is -2.15. The van der Waals surface area contributed by atoms with Gasteiger partial charge >= 0.3 is 0 Å². The van der Waals surface area contributed by atoms with Gasteiger partial charge in [0.15, 0.2) is 0 Å². The zero-order valence-corrected chi connectivity index (χ0v) is 17.8. The third-order valence-corrected chi connectivity index (χ3v) is 5.16. The number of carbonyl (C=O) groups excluding carboxylic acids is 3. The van der Waals surface area contributed by atoms with E-state index in [4.69, 9.17) is 0 Å². The van der Waals surface area contributed by atoms with Crippen LogP contribution in [-0.2, 0) is 9.59 Å². The zero-order valence-electron chi connectivity index (χ0n) is 17.8. The summed E-state index contributed by atoms with van der Waals surface area (Å²) in [5, 5.41) is 15.3. The van der Waals surface area contributed by atoms with Crippen molar-refractivity contribution in [1.29, 1.82) is 0 Å². The second-order valence-electron chi connectivity index (χ2n) is 7.72. The van der Waals surface area contributed by atoms with E-state index in [0.29, 0.717) is 39.3 Å². The maximum absolute atomic E-state index is 13.7. The average Bonchev–Trinajstić information content (AvgIpc) is 3.15. The number of nitrogens with zero attached hydrogens (tertiary/aromatic N) is 1. The Labute approximate surface area is 179 Å². The van der Waals surface area contributed by atoms with Crippen molar-refractivity contribution in [2.45, 2.75) is 26.4 Å². The summed E-state index contributed by atoms with van der Waals surface area (Å²) in [6.45, 7) is 3.38. The number of rotatable bonds is 6. The predicted molar refractivity (Wildman–Crippen MR) is 115 cm³/mol. The lowest BCUT2D eigenvalue weighted by Crippen LogP contribution is -2.36. The van der Waals surface area contributed by atoms with Gasteiger partial charge in [-0.25, -0.2) is 4.39 Å². The first-order chi connectivity index (χ1) is 14.6. The van der Waals surface area contributed by atoms with Gasteiger partial charge in [0.2, 0.25) is 5.91 Å². The third kappa shape index (κ3) is 4.66. The Morgan fingerprint density at radius 3 is 2.68 bits per heavy atom. The summed E-state index contributed by atoms with van der Waals surface area (Å²) in [5.41, 5.74) is 3.40. The Morgan fingerprint density at radius 2 is 2.00 bits per heavy atom. The Kier molecular flexibility index (Phi) is 6.26. The van der Waals surface area contributed by atoms with Crippen LogP contribution in [0.1, 0.15) is 39.3 Å². The number of H-pyrrole nitrogens is 1. The second kappa shape index (κ2) is 8.73. The summed E-state index contributed by atoms with van der Waals surface area (Å²) < 4.78 is 13.7. The number of hydrogen-bond acceptors (Lipinski definition) is 4. The Balaban J connectivity index is 1.79. The summed E-state index contributed by atoms with van der Waals surface area (Å²) in [6.07, 6.45) is 0.485. The van der Waals surface area contributed by atoms with Crippen LogP contribution >= 0.6 is 0 Å². The molecule has 0 saturated heterocycles. The summed E-state index contributed by atoms with van der Waals surface area (Å²) in [4.78, 5) is 41.1. The van der Waals surface area contributed by atoms with Gasteiger partial charge < -0.3 is 25.6 Å². The molecule has 164 valence electrons. The van der Waals surface area contributed by atoms with E-state index < -0.39 is 17.8 Å². The number of aromatic nitrogens is 1. The maximum Gasteiger partial charge on any atom is 0.256 e. The molecule has 0 saturated carbocycles. The molecule has 0 radical (unpaired) electrons. The van der Waals surface area contributed by atoms with E-state index in [1.807, 2.05) is 0 Å². The highest BCUT2D eigenvalue weighted by atomic mass is 19.1. The summed E-state index contributed by atoms with van der Waals surface area (Å²) in [7, 11) is 3.18. The number of aliphatic hydroxyl groups excluding tert-OH is 1. The molecule has 4 N–H and O–H groups in total. The second-order valence-corrected chi connectivity index (χ2v) is 7.72. The van der Waals surface area contributed by atoms with Gasteiger partial charge in [-0.2, -0.15) is 0 Å². The fraction of sp³-hybridized carbons (Fsp3) is 0.318. The van der Waals surface area contributed by atoms with E-state index in [2.05, 4.69) is 15.6 Å². The molecule has 9 heteroatoms. The molecule has 1 atom stereocenters. The lowest BCUT2D eigenvalue weighted by molar-refractivity contribution is -0.130. The molecule has 0 bridgehead atoms. The van der Waals surface area contributed by atoms with Crippen LogP contribution in [0.2, 0.25) is 0 Å². The summed E-state index contributed by atoms with van der Waals surface area (Å²) >= 11 is 0. The highest BCUT2D eigenvalue weighted by molar-refractivity contribution is 6.34. The zero-order chi connectivity index (χ0) is 22.9. The first kappa shape index (κ1) is 22.2. The van der Waals surface area contributed by atoms with Crippen LogP contribution in [0.25, 0.3) is 11.6 Å². The minimum Gasteiger partial charge on any atom is -0.391 e. The largest absolute Gasteiger partial charge is 0.391 e. The van der Waals surface area contributed by atoms with Gasteiger partial charge in [-0.1, -0.05) is 0 Å². The van der Waals surface area contributed by atoms with Crippen LogP contribution in [-0.4, -0.2) is 59.5 Å². The van der Waals surface area contributed by atoms with E-state index in [0.717, 1.165) is 0 Å². The minimum absolute atomic E-state index is 0.0754. The molecule has 2 aromatic rings. The van der Waals surface area contributed by atoms with Gasteiger partial charge in [-0.15, -0.1) is 0 Å². The molecular weight excluding hydrogens is 403 g/mol. The van der Waals surface area contributed by atoms with Crippen molar-refractivity contribution >= 4 is 35.1 Å². The van der Waals surface area contributed by atoms with E-state index in [9.17, 15) is 23.9 Å². The number of fused-ring (bicyclic) bond motifs is 1. The van der Waals surface area contributed by atoms with Gasteiger partial charge in [-0.3, -0.25) is 14.4 Å². The normalized spacial score (nSPS) is 14.9. The van der Waals surface area contributed by atoms with E-state index in [1.165, 1.54) is 23.1 Å². The number of anilines is 1. The molecule has 3 amide bonds. The monoisotopic (exact) mass is 428 g/mol. The quantitative estimate of drug-likeness (QED) is 0.526. The number of carbonyl (C=O) groups is 3. The Hall–Kier alpha value is -3.46. The van der Waals surface area contributed by atoms with Crippen LogP contribution in [0, 0.1) is 19.7 Å². The molecule has 1 aromatic heterocycles. The van der Waals surface area contributed by atoms with Crippen LogP contribution in [0.15, 0.2) is 18.2 Å². The standard InChI is InChI=1S/C22H25FN4O4/c1-11-18(9-16-15-7-13(23)5-6-17(15)26-21(16)30)25-12(2)20(11)22(31)24-10-14(28)8-19(29)27(3)4/h5-7,9,14,25,28H,8,10H2,1-4H3,(H,24,31)(H,26,30). The number of hydrogen-bond donors (Lipinski definition) is 4.